The molecule has 3 heteroatoms. The topological polar surface area (TPSA) is 46.1 Å². The van der Waals surface area contributed by atoms with Gasteiger partial charge in [-0.15, -0.1) is 11.2 Å². The van der Waals surface area contributed by atoms with Crippen LogP contribution < -0.4 is 10.2 Å². The Hall–Kier alpha value is 0.634. The van der Waals surface area contributed by atoms with Gasteiger partial charge in [0, 0.05) is 0 Å². The summed E-state index contributed by atoms with van der Waals surface area (Å²) in [4.78, 5) is 0. The van der Waals surface area contributed by atoms with Gasteiger partial charge in [-0.05, 0) is 0 Å². The van der Waals surface area contributed by atoms with Crippen LogP contribution in [0.15, 0.2) is 0 Å². The Balaban J connectivity index is -0.000000107. The summed E-state index contributed by atoms with van der Waals surface area (Å²) in [7, 11) is 0. The summed E-state index contributed by atoms with van der Waals surface area (Å²) in [6, 6.07) is 0. The van der Waals surface area contributed by atoms with E-state index >= 15 is 0 Å². The fraction of sp³-hybridized carbons (Fsp3) is 1.00. The Morgan fingerprint density at radius 3 is 0.636 bits per heavy atom. The van der Waals surface area contributed by atoms with Crippen molar-refractivity contribution in [3.63, 3.8) is 0 Å². The van der Waals surface area contributed by atoms with E-state index < -0.39 is 11.2 Å². The molecule has 0 bridgehead atoms. The summed E-state index contributed by atoms with van der Waals surface area (Å²) in [5.41, 5.74) is -1.50. The largest absolute Gasteiger partial charge is 2.00 e. The van der Waals surface area contributed by atoms with Gasteiger partial charge < -0.3 is 10.2 Å². The van der Waals surface area contributed by atoms with Crippen LogP contribution in [0.2, 0.25) is 0 Å². The molecule has 0 aromatic rings. The molecule has 0 rings (SSSR count). The quantitative estimate of drug-likeness (QED) is 0.520. The molecule has 0 aliphatic heterocycles. The second kappa shape index (κ2) is 6.18. The van der Waals surface area contributed by atoms with Crippen molar-refractivity contribution in [3.8, 4) is 0 Å². The molecule has 0 aliphatic rings. The van der Waals surface area contributed by atoms with Crippen LogP contribution in [-0.4, -0.2) is 11.2 Å². The summed E-state index contributed by atoms with van der Waals surface area (Å²) in [6.07, 6.45) is 0. The van der Waals surface area contributed by atoms with Gasteiger partial charge in [0.25, 0.3) is 0 Å². The van der Waals surface area contributed by atoms with E-state index in [-0.39, 0.29) is 21.7 Å². The molecule has 0 saturated heterocycles. The van der Waals surface area contributed by atoms with Crippen LogP contribution in [0.1, 0.15) is 41.5 Å². The fourth-order valence-electron chi connectivity index (χ4n) is 0. The van der Waals surface area contributed by atoms with E-state index in [0.29, 0.717) is 0 Å². The normalized spacial score (nSPS) is 10.9. The molecule has 0 unspecified atom stereocenters. The van der Waals surface area contributed by atoms with Crippen LogP contribution in [0.3, 0.4) is 0 Å². The van der Waals surface area contributed by atoms with Crippen molar-refractivity contribution in [3.05, 3.63) is 0 Å². The van der Waals surface area contributed by atoms with Gasteiger partial charge in [0.2, 0.25) is 0 Å². The Morgan fingerprint density at radius 2 is 0.636 bits per heavy atom. The smallest absolute Gasteiger partial charge is 0.850 e. The second-order valence-corrected chi connectivity index (χ2v) is 4.22. The zero-order chi connectivity index (χ0) is 9.00. The maximum Gasteiger partial charge on any atom is 2.00 e. The van der Waals surface area contributed by atoms with Crippen molar-refractivity contribution in [2.75, 3.05) is 0 Å². The molecule has 2 nitrogen and oxygen atoms in total. The summed E-state index contributed by atoms with van der Waals surface area (Å²) in [5, 5.41) is 20.2. The van der Waals surface area contributed by atoms with E-state index in [9.17, 15) is 10.2 Å². The van der Waals surface area contributed by atoms with Crippen molar-refractivity contribution < 1.29 is 31.9 Å². The monoisotopic (exact) mass is 194 g/mol. The summed E-state index contributed by atoms with van der Waals surface area (Å²) in [6.45, 7) is 9.79. The van der Waals surface area contributed by atoms with Crippen LogP contribution in [0.5, 0.6) is 0 Å². The molecule has 0 amide bonds. The molecule has 0 saturated carbocycles. The minimum atomic E-state index is -0.750. The molecule has 0 radical (unpaired) electrons. The fourth-order valence-corrected chi connectivity index (χ4v) is 0. The standard InChI is InChI=1S/2C4H9O.Ti/c2*1-4(2,3)5;/h2*1-3H3;/q2*-1;+2. The average molecular weight is 194 g/mol. The molecule has 0 aliphatic carbocycles. The van der Waals surface area contributed by atoms with Crippen molar-refractivity contribution in [2.24, 2.45) is 0 Å². The maximum absolute atomic E-state index is 10.1. The van der Waals surface area contributed by atoms with E-state index in [1.807, 2.05) is 0 Å². The Kier molecular flexibility index (Phi) is 9.92. The number of rotatable bonds is 0. The van der Waals surface area contributed by atoms with Gasteiger partial charge in [0.05, 0.1) is 0 Å². The third-order valence-electron chi connectivity index (χ3n) is 0. The predicted octanol–water partition coefficient (Wildman–Crippen LogP) is 0.288. The number of hydrogen-bond donors (Lipinski definition) is 0. The molecule has 0 aromatic carbocycles. The zero-order valence-corrected chi connectivity index (χ0v) is 9.88. The minimum absolute atomic E-state index is 0. The van der Waals surface area contributed by atoms with Crippen molar-refractivity contribution in [2.45, 2.75) is 52.7 Å². The molecule has 0 N–H and O–H groups in total. The van der Waals surface area contributed by atoms with Crippen LogP contribution in [0.4, 0.5) is 0 Å². The third kappa shape index (κ3) is 1970. The predicted molar refractivity (Wildman–Crippen MR) is 39.5 cm³/mol. The molecule has 0 heterocycles. The summed E-state index contributed by atoms with van der Waals surface area (Å²) >= 11 is 0. The van der Waals surface area contributed by atoms with Crippen LogP contribution in [-0.2, 0) is 21.7 Å². The molecule has 0 atom stereocenters. The summed E-state index contributed by atoms with van der Waals surface area (Å²) < 4.78 is 0. The van der Waals surface area contributed by atoms with Crippen molar-refractivity contribution in [1.29, 1.82) is 0 Å². The third-order valence-corrected chi connectivity index (χ3v) is 0. The first-order valence-corrected chi connectivity index (χ1v) is 3.41. The Morgan fingerprint density at radius 1 is 0.636 bits per heavy atom. The SMILES string of the molecule is CC(C)(C)[O-].CC(C)(C)[O-].[Ti+2]. The number of hydrogen-bond acceptors (Lipinski definition) is 2. The molecule has 11 heavy (non-hydrogen) atoms. The van der Waals surface area contributed by atoms with Gasteiger partial charge >= 0.3 is 21.7 Å². The first-order valence-electron chi connectivity index (χ1n) is 3.41. The first kappa shape index (κ1) is 17.6. The van der Waals surface area contributed by atoms with Gasteiger partial charge in [-0.25, -0.2) is 0 Å². The Bertz CT molecular complexity index is 55.1. The van der Waals surface area contributed by atoms with E-state index in [2.05, 4.69) is 0 Å². The molecular weight excluding hydrogens is 176 g/mol. The minimum Gasteiger partial charge on any atom is -0.850 e. The maximum atomic E-state index is 10.1. The van der Waals surface area contributed by atoms with Gasteiger partial charge in [-0.1, -0.05) is 41.5 Å². The zero-order valence-electron chi connectivity index (χ0n) is 8.32. The van der Waals surface area contributed by atoms with Crippen molar-refractivity contribution in [1.82, 2.24) is 0 Å². The van der Waals surface area contributed by atoms with E-state index in [4.69, 9.17) is 0 Å². The van der Waals surface area contributed by atoms with E-state index in [1.54, 1.807) is 41.5 Å². The van der Waals surface area contributed by atoms with E-state index in [0.717, 1.165) is 0 Å². The Labute approximate surface area is 84.9 Å². The molecule has 0 fully saturated rings. The average Bonchev–Trinajstić information content (AvgIpc) is 1.12. The molecular formula is C8H18O2Ti. The second-order valence-electron chi connectivity index (χ2n) is 4.22. The molecule has 0 aromatic heterocycles. The van der Waals surface area contributed by atoms with Gasteiger partial charge in [0.1, 0.15) is 0 Å². The van der Waals surface area contributed by atoms with Crippen LogP contribution in [0.25, 0.3) is 0 Å². The molecule has 0 spiro atoms. The van der Waals surface area contributed by atoms with Gasteiger partial charge in [-0.2, -0.15) is 0 Å². The van der Waals surface area contributed by atoms with Crippen molar-refractivity contribution >= 4 is 0 Å². The summed E-state index contributed by atoms with van der Waals surface area (Å²) in [5.74, 6) is 0. The van der Waals surface area contributed by atoms with Gasteiger partial charge in [0.15, 0.2) is 0 Å². The van der Waals surface area contributed by atoms with Crippen LogP contribution >= 0.6 is 0 Å². The van der Waals surface area contributed by atoms with Crippen LogP contribution in [0, 0.1) is 0 Å². The van der Waals surface area contributed by atoms with E-state index in [1.165, 1.54) is 0 Å². The first-order chi connectivity index (χ1) is 4.00. The van der Waals surface area contributed by atoms with Gasteiger partial charge in [-0.3, -0.25) is 0 Å². The molecule has 66 valence electrons.